The number of carbonyl (C=O) groups excluding carboxylic acids is 1. The zero-order valence-electron chi connectivity index (χ0n) is 8.48. The standard InChI is InChI=1S/C10H7Cl2N3O2/c11-7-1-2-8(12)15-9(7)10(16)13-5-6-3-4-14-17-6/h1-4H,5H2,(H,13,16). The molecule has 0 aliphatic heterocycles. The summed E-state index contributed by atoms with van der Waals surface area (Å²) in [4.78, 5) is 15.6. The molecule has 5 nitrogen and oxygen atoms in total. The van der Waals surface area contributed by atoms with E-state index in [0.29, 0.717) is 5.76 Å². The van der Waals surface area contributed by atoms with Crippen LogP contribution >= 0.6 is 23.2 Å². The highest BCUT2D eigenvalue weighted by Crippen LogP contribution is 2.16. The van der Waals surface area contributed by atoms with Crippen LogP contribution in [0, 0.1) is 0 Å². The predicted molar refractivity (Wildman–Crippen MR) is 61.9 cm³/mol. The number of carbonyl (C=O) groups is 1. The molecule has 0 radical (unpaired) electrons. The molecule has 0 saturated carbocycles. The molecule has 1 amide bonds. The zero-order chi connectivity index (χ0) is 12.3. The van der Waals surface area contributed by atoms with Gasteiger partial charge in [0.15, 0.2) is 5.76 Å². The fraction of sp³-hybridized carbons (Fsp3) is 0.100. The average Bonchev–Trinajstić information content (AvgIpc) is 2.82. The van der Waals surface area contributed by atoms with Gasteiger partial charge < -0.3 is 9.84 Å². The molecular weight excluding hydrogens is 265 g/mol. The zero-order valence-corrected chi connectivity index (χ0v) is 10.00. The second kappa shape index (κ2) is 5.16. The van der Waals surface area contributed by atoms with Gasteiger partial charge >= 0.3 is 0 Å². The highest BCUT2D eigenvalue weighted by molar-refractivity contribution is 6.34. The van der Waals surface area contributed by atoms with E-state index in [0.717, 1.165) is 0 Å². The van der Waals surface area contributed by atoms with Gasteiger partial charge in [0.25, 0.3) is 5.91 Å². The van der Waals surface area contributed by atoms with Gasteiger partial charge in [0.1, 0.15) is 10.8 Å². The fourth-order valence-electron chi connectivity index (χ4n) is 1.16. The Hall–Kier alpha value is -1.59. The quantitative estimate of drug-likeness (QED) is 0.870. The van der Waals surface area contributed by atoms with Crippen molar-refractivity contribution in [2.24, 2.45) is 0 Å². The second-order valence-electron chi connectivity index (χ2n) is 3.13. The molecule has 2 aromatic rings. The maximum atomic E-state index is 11.7. The van der Waals surface area contributed by atoms with E-state index in [1.54, 1.807) is 6.07 Å². The van der Waals surface area contributed by atoms with Crippen LogP contribution in [0.3, 0.4) is 0 Å². The summed E-state index contributed by atoms with van der Waals surface area (Å²) in [5.74, 6) is 0.116. The van der Waals surface area contributed by atoms with Crippen LogP contribution in [0.4, 0.5) is 0 Å². The van der Waals surface area contributed by atoms with Crippen LogP contribution in [0.25, 0.3) is 0 Å². The summed E-state index contributed by atoms with van der Waals surface area (Å²) in [5.41, 5.74) is 0.0821. The van der Waals surface area contributed by atoms with Crippen molar-refractivity contribution in [2.75, 3.05) is 0 Å². The van der Waals surface area contributed by atoms with Crippen LogP contribution in [0.5, 0.6) is 0 Å². The predicted octanol–water partition coefficient (Wildman–Crippen LogP) is 2.31. The minimum Gasteiger partial charge on any atom is -0.360 e. The first-order valence-corrected chi connectivity index (χ1v) is 5.42. The van der Waals surface area contributed by atoms with Crippen molar-refractivity contribution in [2.45, 2.75) is 6.54 Å². The van der Waals surface area contributed by atoms with Crippen molar-refractivity contribution >= 4 is 29.1 Å². The number of nitrogens with zero attached hydrogens (tertiary/aromatic N) is 2. The van der Waals surface area contributed by atoms with Gasteiger partial charge in [0.2, 0.25) is 0 Å². The first-order chi connectivity index (χ1) is 8.16. The Labute approximate surface area is 107 Å². The molecule has 2 rings (SSSR count). The van der Waals surface area contributed by atoms with E-state index in [1.807, 2.05) is 0 Å². The van der Waals surface area contributed by atoms with Crippen molar-refractivity contribution < 1.29 is 9.32 Å². The molecule has 0 unspecified atom stereocenters. The summed E-state index contributed by atoms with van der Waals surface area (Å²) in [6.07, 6.45) is 1.49. The van der Waals surface area contributed by atoms with Crippen LogP contribution in [-0.4, -0.2) is 16.0 Å². The SMILES string of the molecule is O=C(NCc1ccno1)c1nc(Cl)ccc1Cl. The molecule has 2 aromatic heterocycles. The van der Waals surface area contributed by atoms with E-state index in [2.05, 4.69) is 15.5 Å². The highest BCUT2D eigenvalue weighted by Gasteiger charge is 2.13. The Morgan fingerprint density at radius 3 is 2.88 bits per heavy atom. The van der Waals surface area contributed by atoms with Crippen molar-refractivity contribution in [1.29, 1.82) is 0 Å². The molecule has 0 fully saturated rings. The molecule has 2 heterocycles. The van der Waals surface area contributed by atoms with Crippen LogP contribution in [0.1, 0.15) is 16.2 Å². The molecule has 0 aliphatic rings. The lowest BCUT2D eigenvalue weighted by Crippen LogP contribution is -2.24. The maximum Gasteiger partial charge on any atom is 0.271 e. The van der Waals surface area contributed by atoms with Gasteiger partial charge in [-0.2, -0.15) is 0 Å². The number of pyridine rings is 1. The number of amides is 1. The van der Waals surface area contributed by atoms with Crippen molar-refractivity contribution in [3.8, 4) is 0 Å². The first-order valence-electron chi connectivity index (χ1n) is 4.66. The van der Waals surface area contributed by atoms with Crippen LogP contribution in [-0.2, 0) is 6.54 Å². The third-order valence-corrected chi connectivity index (χ3v) is 2.46. The summed E-state index contributed by atoms with van der Waals surface area (Å²) in [6.45, 7) is 0.212. The molecular formula is C10H7Cl2N3O2. The number of rotatable bonds is 3. The first kappa shape index (κ1) is 11.9. The second-order valence-corrected chi connectivity index (χ2v) is 3.92. The highest BCUT2D eigenvalue weighted by atomic mass is 35.5. The van der Waals surface area contributed by atoms with Crippen LogP contribution in [0.2, 0.25) is 10.2 Å². The molecule has 0 aromatic carbocycles. The number of hydrogen-bond acceptors (Lipinski definition) is 4. The third-order valence-electron chi connectivity index (χ3n) is 1.94. The summed E-state index contributed by atoms with van der Waals surface area (Å²) >= 11 is 11.5. The fourth-order valence-corrected chi connectivity index (χ4v) is 1.50. The molecule has 7 heteroatoms. The molecule has 0 atom stereocenters. The van der Waals surface area contributed by atoms with Crippen LogP contribution in [0.15, 0.2) is 28.9 Å². The van der Waals surface area contributed by atoms with Gasteiger partial charge in [-0.05, 0) is 12.1 Å². The molecule has 0 saturated heterocycles. The van der Waals surface area contributed by atoms with Gasteiger partial charge in [-0.3, -0.25) is 4.79 Å². The number of halogens is 2. The van der Waals surface area contributed by atoms with Crippen LogP contribution < -0.4 is 5.32 Å². The van der Waals surface area contributed by atoms with Gasteiger partial charge in [0.05, 0.1) is 17.8 Å². The van der Waals surface area contributed by atoms with Crippen molar-refractivity contribution in [3.63, 3.8) is 0 Å². The average molecular weight is 272 g/mol. The third kappa shape index (κ3) is 2.95. The number of nitrogens with one attached hydrogen (secondary N) is 1. The lowest BCUT2D eigenvalue weighted by Gasteiger charge is -2.04. The Morgan fingerprint density at radius 2 is 2.18 bits per heavy atom. The smallest absolute Gasteiger partial charge is 0.271 e. The van der Waals surface area contributed by atoms with Gasteiger partial charge in [-0.25, -0.2) is 4.98 Å². The van der Waals surface area contributed by atoms with E-state index in [9.17, 15) is 4.79 Å². The Bertz CT molecular complexity index is 528. The molecule has 0 bridgehead atoms. The minimum absolute atomic E-state index is 0.0821. The Kier molecular flexibility index (Phi) is 3.61. The van der Waals surface area contributed by atoms with E-state index in [1.165, 1.54) is 18.3 Å². The molecule has 0 aliphatic carbocycles. The summed E-state index contributed by atoms with van der Waals surface area (Å²) in [7, 11) is 0. The van der Waals surface area contributed by atoms with E-state index < -0.39 is 5.91 Å². The normalized spacial score (nSPS) is 10.2. The number of hydrogen-bond donors (Lipinski definition) is 1. The van der Waals surface area contributed by atoms with Crippen molar-refractivity contribution in [1.82, 2.24) is 15.5 Å². The largest absolute Gasteiger partial charge is 0.360 e. The van der Waals surface area contributed by atoms with Gasteiger partial charge in [-0.1, -0.05) is 28.4 Å². The topological polar surface area (TPSA) is 68.0 Å². The van der Waals surface area contributed by atoms with E-state index >= 15 is 0 Å². The monoisotopic (exact) mass is 271 g/mol. The molecule has 88 valence electrons. The lowest BCUT2D eigenvalue weighted by molar-refractivity contribution is 0.0942. The molecule has 1 N–H and O–H groups in total. The summed E-state index contributed by atoms with van der Waals surface area (Å²) in [6, 6.07) is 4.67. The maximum absolute atomic E-state index is 11.7. The van der Waals surface area contributed by atoms with Crippen molar-refractivity contribution in [3.05, 3.63) is 46.0 Å². The summed E-state index contributed by atoms with van der Waals surface area (Å²) < 4.78 is 4.83. The van der Waals surface area contributed by atoms with E-state index in [4.69, 9.17) is 27.7 Å². The lowest BCUT2D eigenvalue weighted by atomic mass is 10.3. The molecule has 17 heavy (non-hydrogen) atoms. The molecule has 0 spiro atoms. The Balaban J connectivity index is 2.07. The van der Waals surface area contributed by atoms with Gasteiger partial charge in [-0.15, -0.1) is 0 Å². The number of aromatic nitrogens is 2. The Morgan fingerprint density at radius 1 is 1.35 bits per heavy atom. The van der Waals surface area contributed by atoms with E-state index in [-0.39, 0.29) is 22.4 Å². The minimum atomic E-state index is -0.422. The van der Waals surface area contributed by atoms with Gasteiger partial charge in [0, 0.05) is 6.07 Å². The summed E-state index contributed by atoms with van der Waals surface area (Å²) in [5, 5.41) is 6.55.